The standard InChI is InChI=1S/C18H33N3O2.ClH/c1-17(2,3)11-15(22)21-9-6-7-13(21)16(23)20-10-8-14(19)18(4,5)12-20;/h13-14H,6-12,19H2,1-5H3;1H. The Morgan fingerprint density at radius 2 is 1.79 bits per heavy atom. The lowest BCUT2D eigenvalue weighted by atomic mass is 9.79. The predicted octanol–water partition coefficient (Wildman–Crippen LogP) is 2.42. The van der Waals surface area contributed by atoms with Crippen LogP contribution in [0.25, 0.3) is 0 Å². The van der Waals surface area contributed by atoms with Crippen molar-refractivity contribution in [3.63, 3.8) is 0 Å². The van der Waals surface area contributed by atoms with E-state index < -0.39 is 0 Å². The van der Waals surface area contributed by atoms with Crippen LogP contribution in [0.2, 0.25) is 0 Å². The first-order valence-corrected chi connectivity index (χ1v) is 8.85. The second kappa shape index (κ2) is 7.61. The normalized spacial score (nSPS) is 26.9. The zero-order chi connectivity index (χ0) is 17.4. The van der Waals surface area contributed by atoms with Gasteiger partial charge in [-0.15, -0.1) is 12.4 Å². The molecule has 2 unspecified atom stereocenters. The molecule has 24 heavy (non-hydrogen) atoms. The monoisotopic (exact) mass is 359 g/mol. The van der Waals surface area contributed by atoms with E-state index in [4.69, 9.17) is 5.73 Å². The summed E-state index contributed by atoms with van der Waals surface area (Å²) in [6.07, 6.45) is 3.04. The summed E-state index contributed by atoms with van der Waals surface area (Å²) in [7, 11) is 0. The van der Waals surface area contributed by atoms with Gasteiger partial charge in [-0.2, -0.15) is 0 Å². The Hall–Kier alpha value is -0.810. The van der Waals surface area contributed by atoms with Gasteiger partial charge in [-0.1, -0.05) is 34.6 Å². The maximum absolute atomic E-state index is 13.0. The first kappa shape index (κ1) is 21.2. The number of nitrogens with two attached hydrogens (primary N) is 1. The smallest absolute Gasteiger partial charge is 0.245 e. The van der Waals surface area contributed by atoms with Gasteiger partial charge < -0.3 is 15.5 Å². The highest BCUT2D eigenvalue weighted by Gasteiger charge is 2.41. The Morgan fingerprint density at radius 1 is 1.17 bits per heavy atom. The molecule has 2 aliphatic rings. The van der Waals surface area contributed by atoms with Crippen LogP contribution in [-0.2, 0) is 9.59 Å². The third kappa shape index (κ3) is 4.85. The molecule has 2 fully saturated rings. The van der Waals surface area contributed by atoms with Crippen molar-refractivity contribution in [2.45, 2.75) is 72.4 Å². The van der Waals surface area contributed by atoms with Gasteiger partial charge in [-0.25, -0.2) is 0 Å². The summed E-state index contributed by atoms with van der Waals surface area (Å²) in [5.41, 5.74) is 6.06. The molecule has 2 heterocycles. The molecule has 2 saturated heterocycles. The highest BCUT2D eigenvalue weighted by atomic mass is 35.5. The van der Waals surface area contributed by atoms with Gasteiger partial charge in [0.25, 0.3) is 0 Å². The molecule has 0 aromatic rings. The first-order valence-electron chi connectivity index (χ1n) is 8.85. The topological polar surface area (TPSA) is 66.6 Å². The molecule has 0 aromatic heterocycles. The molecule has 0 radical (unpaired) electrons. The number of amides is 2. The highest BCUT2D eigenvalue weighted by Crippen LogP contribution is 2.30. The largest absolute Gasteiger partial charge is 0.340 e. The Morgan fingerprint density at radius 3 is 2.33 bits per heavy atom. The zero-order valence-electron chi connectivity index (χ0n) is 15.8. The van der Waals surface area contributed by atoms with Gasteiger partial charge in [0.1, 0.15) is 6.04 Å². The first-order chi connectivity index (χ1) is 10.5. The van der Waals surface area contributed by atoms with Gasteiger partial charge in [0.15, 0.2) is 0 Å². The molecule has 0 aliphatic carbocycles. The molecule has 2 aliphatic heterocycles. The summed E-state index contributed by atoms with van der Waals surface area (Å²) in [5.74, 6) is 0.228. The number of hydrogen-bond acceptors (Lipinski definition) is 3. The van der Waals surface area contributed by atoms with Gasteiger partial charge in [0.05, 0.1) is 0 Å². The van der Waals surface area contributed by atoms with Gasteiger partial charge in [0.2, 0.25) is 11.8 Å². The van der Waals surface area contributed by atoms with Crippen LogP contribution in [0.3, 0.4) is 0 Å². The van der Waals surface area contributed by atoms with Gasteiger partial charge in [0, 0.05) is 32.1 Å². The van der Waals surface area contributed by atoms with Crippen LogP contribution >= 0.6 is 12.4 Å². The molecule has 2 atom stereocenters. The van der Waals surface area contributed by atoms with Crippen molar-refractivity contribution < 1.29 is 9.59 Å². The van der Waals surface area contributed by atoms with E-state index in [0.29, 0.717) is 26.1 Å². The van der Waals surface area contributed by atoms with E-state index in [0.717, 1.165) is 19.3 Å². The summed E-state index contributed by atoms with van der Waals surface area (Å²) in [6.45, 7) is 12.5. The van der Waals surface area contributed by atoms with Crippen LogP contribution in [0.1, 0.15) is 60.3 Å². The Balaban J connectivity index is 0.00000288. The van der Waals surface area contributed by atoms with E-state index in [-0.39, 0.29) is 47.1 Å². The molecule has 5 nitrogen and oxygen atoms in total. The quantitative estimate of drug-likeness (QED) is 0.823. The summed E-state index contributed by atoms with van der Waals surface area (Å²) in [6, 6.07) is -0.135. The average Bonchev–Trinajstić information content (AvgIpc) is 2.88. The number of rotatable bonds is 2. The summed E-state index contributed by atoms with van der Waals surface area (Å²) in [5, 5.41) is 0. The molecule has 2 rings (SSSR count). The minimum Gasteiger partial charge on any atom is -0.340 e. The van der Waals surface area contributed by atoms with Crippen LogP contribution < -0.4 is 5.73 Å². The number of carbonyl (C=O) groups excluding carboxylic acids is 2. The molecule has 2 N–H and O–H groups in total. The molecule has 6 heteroatoms. The van der Waals surface area contributed by atoms with E-state index in [2.05, 4.69) is 34.6 Å². The Bertz CT molecular complexity index is 473. The minimum atomic E-state index is -0.269. The van der Waals surface area contributed by atoms with Crippen molar-refractivity contribution in [2.24, 2.45) is 16.6 Å². The predicted molar refractivity (Wildman–Crippen MR) is 99.0 cm³/mol. The van der Waals surface area contributed by atoms with Crippen LogP contribution in [0.4, 0.5) is 0 Å². The molecular formula is C18H34ClN3O2. The number of likely N-dealkylation sites (tertiary alicyclic amines) is 2. The van der Waals surface area contributed by atoms with Crippen LogP contribution in [0, 0.1) is 10.8 Å². The van der Waals surface area contributed by atoms with E-state index >= 15 is 0 Å². The molecule has 140 valence electrons. The van der Waals surface area contributed by atoms with Crippen molar-refractivity contribution in [1.82, 2.24) is 9.80 Å². The lowest BCUT2D eigenvalue weighted by molar-refractivity contribution is -0.146. The second-order valence-electron chi connectivity index (χ2n) is 9.13. The number of halogens is 1. The van der Waals surface area contributed by atoms with E-state index in [1.165, 1.54) is 0 Å². The number of piperidine rings is 1. The third-order valence-corrected chi connectivity index (χ3v) is 5.16. The van der Waals surface area contributed by atoms with E-state index in [1.54, 1.807) is 0 Å². The molecule has 0 spiro atoms. The number of nitrogens with zero attached hydrogens (tertiary/aromatic N) is 2. The molecule has 2 amide bonds. The maximum atomic E-state index is 13.0. The molecule has 0 saturated carbocycles. The Kier molecular flexibility index (Phi) is 6.73. The lowest BCUT2D eigenvalue weighted by Gasteiger charge is -2.44. The van der Waals surface area contributed by atoms with Crippen molar-refractivity contribution >= 4 is 24.2 Å². The minimum absolute atomic E-state index is 0. The van der Waals surface area contributed by atoms with Gasteiger partial charge in [-0.3, -0.25) is 9.59 Å². The molecular weight excluding hydrogens is 326 g/mol. The highest BCUT2D eigenvalue weighted by molar-refractivity contribution is 5.88. The second-order valence-corrected chi connectivity index (χ2v) is 9.13. The summed E-state index contributed by atoms with van der Waals surface area (Å²) >= 11 is 0. The zero-order valence-corrected chi connectivity index (χ0v) is 16.6. The average molecular weight is 360 g/mol. The molecule has 0 aromatic carbocycles. The fraction of sp³-hybridized carbons (Fsp3) is 0.889. The van der Waals surface area contributed by atoms with Crippen LogP contribution in [0.15, 0.2) is 0 Å². The SMILES string of the molecule is CC(C)(C)CC(=O)N1CCCC1C(=O)N1CCC(N)C(C)(C)C1.Cl. The number of carbonyl (C=O) groups is 2. The van der Waals surface area contributed by atoms with Crippen LogP contribution in [0.5, 0.6) is 0 Å². The van der Waals surface area contributed by atoms with Crippen molar-refractivity contribution in [3.8, 4) is 0 Å². The van der Waals surface area contributed by atoms with Crippen molar-refractivity contribution in [2.75, 3.05) is 19.6 Å². The molecule has 0 bridgehead atoms. The summed E-state index contributed by atoms with van der Waals surface area (Å²) in [4.78, 5) is 29.3. The fourth-order valence-corrected chi connectivity index (χ4v) is 3.65. The number of hydrogen-bond donors (Lipinski definition) is 1. The summed E-state index contributed by atoms with van der Waals surface area (Å²) < 4.78 is 0. The van der Waals surface area contributed by atoms with Gasteiger partial charge >= 0.3 is 0 Å². The van der Waals surface area contributed by atoms with Gasteiger partial charge in [-0.05, 0) is 30.1 Å². The van der Waals surface area contributed by atoms with Crippen molar-refractivity contribution in [3.05, 3.63) is 0 Å². The van der Waals surface area contributed by atoms with E-state index in [1.807, 2.05) is 9.80 Å². The fourth-order valence-electron chi connectivity index (χ4n) is 3.65. The van der Waals surface area contributed by atoms with Crippen LogP contribution in [-0.4, -0.2) is 53.3 Å². The Labute approximate surface area is 152 Å². The maximum Gasteiger partial charge on any atom is 0.245 e. The lowest BCUT2D eigenvalue weighted by Crippen LogP contribution is -2.57. The van der Waals surface area contributed by atoms with E-state index in [9.17, 15) is 9.59 Å². The van der Waals surface area contributed by atoms with Crippen molar-refractivity contribution in [1.29, 1.82) is 0 Å². The third-order valence-electron chi connectivity index (χ3n) is 5.16.